The Morgan fingerprint density at radius 3 is 2.80 bits per heavy atom. The lowest BCUT2D eigenvalue weighted by atomic mass is 10.2. The Balaban J connectivity index is 1.86. The van der Waals surface area contributed by atoms with Gasteiger partial charge >= 0.3 is 0 Å². The molecule has 0 atom stereocenters. The highest BCUT2D eigenvalue weighted by Gasteiger charge is 2.21. The molecule has 0 aliphatic carbocycles. The number of amides is 1. The van der Waals surface area contributed by atoms with Crippen molar-refractivity contribution in [1.82, 2.24) is 34.3 Å². The molecule has 128 valence electrons. The summed E-state index contributed by atoms with van der Waals surface area (Å²) in [7, 11) is 3.49. The van der Waals surface area contributed by atoms with E-state index >= 15 is 0 Å². The van der Waals surface area contributed by atoms with E-state index in [0.717, 1.165) is 27.1 Å². The van der Waals surface area contributed by atoms with Crippen molar-refractivity contribution in [3.05, 3.63) is 40.5 Å². The molecule has 0 aliphatic rings. The lowest BCUT2D eigenvalue weighted by Gasteiger charge is -2.08. The number of carbonyl (C=O) groups excluding carboxylic acids is 1. The molecule has 1 amide bonds. The molecule has 9 heteroatoms. The number of nitrogens with zero attached hydrogens (tertiary/aromatic N) is 7. The van der Waals surface area contributed by atoms with E-state index in [9.17, 15) is 4.79 Å². The molecule has 0 aliphatic heterocycles. The first-order chi connectivity index (χ1) is 12.0. The van der Waals surface area contributed by atoms with Crippen LogP contribution in [-0.4, -0.2) is 54.3 Å². The average Bonchev–Trinajstić information content (AvgIpc) is 3.24. The second kappa shape index (κ2) is 5.62. The standard InChI is InChI=1S/C16H17N7OS/c1-9-5-6-18-22(9)7-11-19-14-12-10(2)13(16(24)21(3)4)25-15(12)17-8-23(14)20-11/h5-6,8H,7H2,1-4H3. The van der Waals surface area contributed by atoms with Gasteiger partial charge in [-0.15, -0.1) is 16.4 Å². The molecule has 8 nitrogen and oxygen atoms in total. The second-order valence-electron chi connectivity index (χ2n) is 6.11. The summed E-state index contributed by atoms with van der Waals surface area (Å²) in [5.41, 5.74) is 2.66. The van der Waals surface area contributed by atoms with Gasteiger partial charge in [0.15, 0.2) is 11.5 Å². The van der Waals surface area contributed by atoms with Crippen molar-refractivity contribution in [3.8, 4) is 0 Å². The fraction of sp³-hybridized carbons (Fsp3) is 0.312. The third-order valence-corrected chi connectivity index (χ3v) is 5.32. The van der Waals surface area contributed by atoms with Gasteiger partial charge in [-0.25, -0.2) is 14.5 Å². The third-order valence-electron chi connectivity index (χ3n) is 4.13. The van der Waals surface area contributed by atoms with Crippen molar-refractivity contribution < 1.29 is 4.79 Å². The first-order valence-corrected chi connectivity index (χ1v) is 8.60. The minimum atomic E-state index is -0.0226. The summed E-state index contributed by atoms with van der Waals surface area (Å²) in [6, 6.07) is 1.94. The van der Waals surface area contributed by atoms with Crippen LogP contribution in [-0.2, 0) is 6.54 Å². The normalized spacial score (nSPS) is 11.5. The summed E-state index contributed by atoms with van der Waals surface area (Å²) in [6.45, 7) is 4.42. The number of carbonyl (C=O) groups is 1. The number of thiophene rings is 1. The van der Waals surface area contributed by atoms with Crippen molar-refractivity contribution in [3.63, 3.8) is 0 Å². The maximum absolute atomic E-state index is 12.4. The summed E-state index contributed by atoms with van der Waals surface area (Å²) < 4.78 is 3.51. The molecular weight excluding hydrogens is 338 g/mol. The van der Waals surface area contributed by atoms with Crippen LogP contribution in [0.5, 0.6) is 0 Å². The number of rotatable bonds is 3. The fourth-order valence-electron chi connectivity index (χ4n) is 2.75. The largest absolute Gasteiger partial charge is 0.344 e. The Labute approximate surface area is 147 Å². The predicted octanol–water partition coefficient (Wildman–Crippen LogP) is 1.90. The Kier molecular flexibility index (Phi) is 3.53. The van der Waals surface area contributed by atoms with Gasteiger partial charge < -0.3 is 4.90 Å². The van der Waals surface area contributed by atoms with Crippen molar-refractivity contribution in [2.75, 3.05) is 14.1 Å². The Bertz CT molecular complexity index is 1100. The van der Waals surface area contributed by atoms with Gasteiger partial charge in [-0.2, -0.15) is 5.10 Å². The van der Waals surface area contributed by atoms with Crippen LogP contribution in [0.15, 0.2) is 18.6 Å². The van der Waals surface area contributed by atoms with Gasteiger partial charge in [0.1, 0.15) is 17.7 Å². The molecular formula is C16H17N7OS. The zero-order valence-electron chi connectivity index (χ0n) is 14.4. The minimum absolute atomic E-state index is 0.0226. The molecule has 0 saturated carbocycles. The van der Waals surface area contributed by atoms with Gasteiger partial charge in [-0.05, 0) is 25.5 Å². The van der Waals surface area contributed by atoms with Crippen molar-refractivity contribution in [1.29, 1.82) is 0 Å². The molecule has 4 aromatic rings. The highest BCUT2D eigenvalue weighted by molar-refractivity contribution is 7.20. The molecule has 4 rings (SSSR count). The summed E-state index contributed by atoms with van der Waals surface area (Å²) in [5.74, 6) is 0.637. The first kappa shape index (κ1) is 15.7. The summed E-state index contributed by atoms with van der Waals surface area (Å²) >= 11 is 1.39. The number of aryl methyl sites for hydroxylation is 2. The molecule has 4 heterocycles. The monoisotopic (exact) mass is 355 g/mol. The molecule has 0 saturated heterocycles. The molecule has 0 fully saturated rings. The Morgan fingerprint density at radius 2 is 2.12 bits per heavy atom. The van der Waals surface area contributed by atoms with Gasteiger partial charge in [0.25, 0.3) is 5.91 Å². The second-order valence-corrected chi connectivity index (χ2v) is 7.11. The van der Waals surface area contributed by atoms with Crippen molar-refractivity contribution in [2.45, 2.75) is 20.4 Å². The molecule has 0 aromatic carbocycles. The zero-order chi connectivity index (χ0) is 17.7. The van der Waals surface area contributed by atoms with Gasteiger partial charge in [0.2, 0.25) is 0 Å². The predicted molar refractivity (Wildman–Crippen MR) is 95.0 cm³/mol. The first-order valence-electron chi connectivity index (χ1n) is 7.79. The maximum Gasteiger partial charge on any atom is 0.263 e. The summed E-state index contributed by atoms with van der Waals surface area (Å²) in [4.78, 5) is 24.6. The van der Waals surface area contributed by atoms with Gasteiger partial charge in [-0.1, -0.05) is 0 Å². The fourth-order valence-corrected chi connectivity index (χ4v) is 3.92. The molecule has 0 unspecified atom stereocenters. The molecule has 0 spiro atoms. The Morgan fingerprint density at radius 1 is 1.32 bits per heavy atom. The van der Waals surface area contributed by atoms with E-state index in [1.807, 2.05) is 24.6 Å². The van der Waals surface area contributed by atoms with Crippen LogP contribution in [0.1, 0.15) is 26.8 Å². The van der Waals surface area contributed by atoms with E-state index in [4.69, 9.17) is 0 Å². The smallest absolute Gasteiger partial charge is 0.263 e. The van der Waals surface area contributed by atoms with E-state index < -0.39 is 0 Å². The summed E-state index contributed by atoms with van der Waals surface area (Å²) in [5, 5.41) is 9.66. The molecule has 0 radical (unpaired) electrons. The Hall–Kier alpha value is -2.81. The minimum Gasteiger partial charge on any atom is -0.344 e. The van der Waals surface area contributed by atoms with Crippen LogP contribution in [0, 0.1) is 13.8 Å². The van der Waals surface area contributed by atoms with E-state index in [-0.39, 0.29) is 5.91 Å². The van der Waals surface area contributed by atoms with Crippen LogP contribution < -0.4 is 0 Å². The van der Waals surface area contributed by atoms with E-state index in [2.05, 4.69) is 20.2 Å². The third kappa shape index (κ3) is 2.47. The zero-order valence-corrected chi connectivity index (χ0v) is 15.2. The molecule has 25 heavy (non-hydrogen) atoms. The lowest BCUT2D eigenvalue weighted by Crippen LogP contribution is -2.21. The molecule has 0 N–H and O–H groups in total. The average molecular weight is 355 g/mol. The van der Waals surface area contributed by atoms with Gasteiger partial charge in [-0.3, -0.25) is 9.48 Å². The van der Waals surface area contributed by atoms with E-state index in [1.165, 1.54) is 11.3 Å². The van der Waals surface area contributed by atoms with Crippen LogP contribution in [0.4, 0.5) is 0 Å². The van der Waals surface area contributed by atoms with Crippen LogP contribution >= 0.6 is 11.3 Å². The van der Waals surface area contributed by atoms with Gasteiger partial charge in [0.05, 0.1) is 10.3 Å². The quantitative estimate of drug-likeness (QED) is 0.561. The van der Waals surface area contributed by atoms with Crippen molar-refractivity contribution in [2.24, 2.45) is 0 Å². The molecule has 0 bridgehead atoms. The number of aromatic nitrogens is 6. The number of fused-ring (bicyclic) bond motifs is 3. The topological polar surface area (TPSA) is 81.2 Å². The van der Waals surface area contributed by atoms with E-state index in [1.54, 1.807) is 36.0 Å². The van der Waals surface area contributed by atoms with Gasteiger partial charge in [0, 0.05) is 26.0 Å². The highest BCUT2D eigenvalue weighted by atomic mass is 32.1. The highest BCUT2D eigenvalue weighted by Crippen LogP contribution is 2.32. The molecule has 4 aromatic heterocycles. The number of hydrogen-bond donors (Lipinski definition) is 0. The van der Waals surface area contributed by atoms with Crippen molar-refractivity contribution >= 4 is 33.1 Å². The van der Waals surface area contributed by atoms with E-state index in [0.29, 0.717) is 17.2 Å². The van der Waals surface area contributed by atoms with Crippen LogP contribution in [0.2, 0.25) is 0 Å². The SMILES string of the molecule is Cc1c(C(=O)N(C)C)sc2ncn3nc(Cn4nccc4C)nc3c12. The van der Waals surface area contributed by atoms with Crippen LogP contribution in [0.3, 0.4) is 0 Å². The lowest BCUT2D eigenvalue weighted by molar-refractivity contribution is 0.0831. The summed E-state index contributed by atoms with van der Waals surface area (Å²) in [6.07, 6.45) is 3.40. The number of hydrogen-bond acceptors (Lipinski definition) is 6. The maximum atomic E-state index is 12.4. The van der Waals surface area contributed by atoms with Crippen LogP contribution in [0.25, 0.3) is 15.9 Å².